The van der Waals surface area contributed by atoms with Gasteiger partial charge in [0.05, 0.1) is 12.2 Å². The van der Waals surface area contributed by atoms with Gasteiger partial charge < -0.3 is 14.7 Å². The van der Waals surface area contributed by atoms with Gasteiger partial charge in [0.15, 0.2) is 0 Å². The maximum absolute atomic E-state index is 11.5. The van der Waals surface area contributed by atoms with E-state index < -0.39 is 0 Å². The van der Waals surface area contributed by atoms with E-state index in [0.29, 0.717) is 19.0 Å². The number of rotatable bonds is 2. The molecule has 1 amide bonds. The van der Waals surface area contributed by atoms with Gasteiger partial charge in [-0.1, -0.05) is 0 Å². The van der Waals surface area contributed by atoms with Crippen LogP contribution in [0.15, 0.2) is 0 Å². The molecule has 1 N–H and O–H groups in total. The van der Waals surface area contributed by atoms with Crippen LogP contribution in [0, 0.1) is 5.92 Å². The summed E-state index contributed by atoms with van der Waals surface area (Å²) in [6.45, 7) is 6.90. The van der Waals surface area contributed by atoms with Crippen LogP contribution in [0.1, 0.15) is 33.6 Å². The predicted molar refractivity (Wildman–Crippen MR) is 57.6 cm³/mol. The van der Waals surface area contributed by atoms with Gasteiger partial charge in [-0.05, 0) is 39.5 Å². The van der Waals surface area contributed by atoms with Crippen molar-refractivity contribution in [3.63, 3.8) is 0 Å². The summed E-state index contributed by atoms with van der Waals surface area (Å²) >= 11 is 0. The van der Waals surface area contributed by atoms with Gasteiger partial charge in [-0.25, -0.2) is 4.79 Å². The molecular weight excluding hydrogens is 194 g/mol. The van der Waals surface area contributed by atoms with Crippen molar-refractivity contribution in [3.05, 3.63) is 0 Å². The highest BCUT2D eigenvalue weighted by Gasteiger charge is 2.26. The molecule has 1 aliphatic rings. The Morgan fingerprint density at radius 1 is 1.33 bits per heavy atom. The molecule has 1 unspecified atom stereocenters. The second-order valence-corrected chi connectivity index (χ2v) is 4.50. The number of ether oxygens (including phenoxy) is 1. The predicted octanol–water partition coefficient (Wildman–Crippen LogP) is 1.62. The summed E-state index contributed by atoms with van der Waals surface area (Å²) < 4.78 is 5.11. The van der Waals surface area contributed by atoms with Crippen molar-refractivity contribution < 1.29 is 14.6 Å². The third kappa shape index (κ3) is 3.70. The Kier molecular flexibility index (Phi) is 4.39. The number of hydrogen-bond acceptors (Lipinski definition) is 3. The van der Waals surface area contributed by atoms with Crippen LogP contribution in [0.25, 0.3) is 0 Å². The number of carbonyl (C=O) groups excluding carboxylic acids is 1. The first-order valence-corrected chi connectivity index (χ1v) is 5.64. The maximum Gasteiger partial charge on any atom is 0.410 e. The molecule has 0 spiro atoms. The van der Waals surface area contributed by atoms with Crippen LogP contribution >= 0.6 is 0 Å². The zero-order chi connectivity index (χ0) is 11.4. The van der Waals surface area contributed by atoms with Gasteiger partial charge in [-0.2, -0.15) is 0 Å². The Bertz CT molecular complexity index is 208. The Morgan fingerprint density at radius 3 is 2.27 bits per heavy atom. The van der Waals surface area contributed by atoms with E-state index in [-0.39, 0.29) is 18.3 Å². The Hall–Kier alpha value is -0.770. The van der Waals surface area contributed by atoms with Gasteiger partial charge in [0.1, 0.15) is 0 Å². The standard InChI is InChI=1S/C11H21NO3/c1-8(2)15-11(14)12-6-4-10(5-7-12)9(3)13/h8-10,13H,4-7H2,1-3H3. The molecule has 1 rings (SSSR count). The second kappa shape index (κ2) is 5.35. The van der Waals surface area contributed by atoms with Crippen molar-refractivity contribution in [3.8, 4) is 0 Å². The molecule has 0 aromatic carbocycles. The van der Waals surface area contributed by atoms with Crippen LogP contribution in [-0.4, -0.2) is 41.4 Å². The van der Waals surface area contributed by atoms with Crippen molar-refractivity contribution in [2.75, 3.05) is 13.1 Å². The molecule has 0 bridgehead atoms. The van der Waals surface area contributed by atoms with E-state index in [9.17, 15) is 9.90 Å². The summed E-state index contributed by atoms with van der Waals surface area (Å²) in [6, 6.07) is 0. The van der Waals surface area contributed by atoms with Crippen LogP contribution in [0.4, 0.5) is 4.79 Å². The number of hydrogen-bond donors (Lipinski definition) is 1. The zero-order valence-electron chi connectivity index (χ0n) is 9.77. The summed E-state index contributed by atoms with van der Waals surface area (Å²) in [7, 11) is 0. The molecule has 88 valence electrons. The number of likely N-dealkylation sites (tertiary alicyclic amines) is 1. The minimum Gasteiger partial charge on any atom is -0.447 e. The quantitative estimate of drug-likeness (QED) is 0.761. The smallest absolute Gasteiger partial charge is 0.410 e. The van der Waals surface area contributed by atoms with Gasteiger partial charge in [0, 0.05) is 13.1 Å². The second-order valence-electron chi connectivity index (χ2n) is 4.50. The minimum atomic E-state index is -0.270. The van der Waals surface area contributed by atoms with Gasteiger partial charge >= 0.3 is 6.09 Å². The van der Waals surface area contributed by atoms with E-state index in [1.165, 1.54) is 0 Å². The maximum atomic E-state index is 11.5. The first-order chi connectivity index (χ1) is 7.00. The van der Waals surface area contributed by atoms with Crippen LogP contribution in [0.3, 0.4) is 0 Å². The highest BCUT2D eigenvalue weighted by atomic mass is 16.6. The average molecular weight is 215 g/mol. The molecule has 0 aliphatic carbocycles. The lowest BCUT2D eigenvalue weighted by molar-refractivity contribution is 0.0436. The molecule has 1 fully saturated rings. The van der Waals surface area contributed by atoms with Gasteiger partial charge in [0.25, 0.3) is 0 Å². The van der Waals surface area contributed by atoms with Crippen molar-refractivity contribution >= 4 is 6.09 Å². The molecule has 0 aromatic rings. The normalized spacial score (nSPS) is 20.5. The molecule has 1 atom stereocenters. The molecule has 4 nitrogen and oxygen atoms in total. The first kappa shape index (κ1) is 12.3. The summed E-state index contributed by atoms with van der Waals surface area (Å²) in [6.07, 6.45) is 1.17. The summed E-state index contributed by atoms with van der Waals surface area (Å²) in [5.41, 5.74) is 0. The number of piperidine rings is 1. The summed E-state index contributed by atoms with van der Waals surface area (Å²) in [5, 5.41) is 9.41. The number of carbonyl (C=O) groups is 1. The van der Waals surface area contributed by atoms with Crippen LogP contribution in [0.5, 0.6) is 0 Å². The molecular formula is C11H21NO3. The fraction of sp³-hybridized carbons (Fsp3) is 0.909. The summed E-state index contributed by atoms with van der Waals surface area (Å²) in [4.78, 5) is 13.2. The minimum absolute atomic E-state index is 0.0630. The number of amides is 1. The number of aliphatic hydroxyl groups is 1. The van der Waals surface area contributed by atoms with Crippen molar-refractivity contribution in [1.82, 2.24) is 4.90 Å². The highest BCUT2D eigenvalue weighted by Crippen LogP contribution is 2.21. The summed E-state index contributed by atoms with van der Waals surface area (Å²) in [5.74, 6) is 0.327. The number of nitrogens with zero attached hydrogens (tertiary/aromatic N) is 1. The lowest BCUT2D eigenvalue weighted by Crippen LogP contribution is -2.41. The van der Waals surface area contributed by atoms with Crippen LogP contribution in [0.2, 0.25) is 0 Å². The van der Waals surface area contributed by atoms with E-state index in [0.717, 1.165) is 12.8 Å². The third-order valence-electron chi connectivity index (χ3n) is 2.82. The van der Waals surface area contributed by atoms with E-state index in [1.54, 1.807) is 4.90 Å². The fourth-order valence-electron chi connectivity index (χ4n) is 1.84. The van der Waals surface area contributed by atoms with Crippen LogP contribution in [-0.2, 0) is 4.74 Å². The highest BCUT2D eigenvalue weighted by molar-refractivity contribution is 5.67. The lowest BCUT2D eigenvalue weighted by atomic mass is 9.92. The molecule has 0 radical (unpaired) electrons. The zero-order valence-corrected chi connectivity index (χ0v) is 9.77. The van der Waals surface area contributed by atoms with E-state index in [4.69, 9.17) is 4.74 Å². The molecule has 0 saturated carbocycles. The molecule has 1 saturated heterocycles. The Balaban J connectivity index is 2.34. The first-order valence-electron chi connectivity index (χ1n) is 5.64. The van der Waals surface area contributed by atoms with Crippen molar-refractivity contribution in [2.24, 2.45) is 5.92 Å². The van der Waals surface area contributed by atoms with Gasteiger partial charge in [0.2, 0.25) is 0 Å². The third-order valence-corrected chi connectivity index (χ3v) is 2.82. The SMILES string of the molecule is CC(C)OC(=O)N1CCC(C(C)O)CC1. The Labute approximate surface area is 91.2 Å². The molecule has 1 heterocycles. The van der Waals surface area contributed by atoms with Crippen molar-refractivity contribution in [1.29, 1.82) is 0 Å². The van der Waals surface area contributed by atoms with E-state index in [2.05, 4.69) is 0 Å². The average Bonchev–Trinajstić information content (AvgIpc) is 2.17. The molecule has 4 heteroatoms. The molecule has 15 heavy (non-hydrogen) atoms. The van der Waals surface area contributed by atoms with E-state index in [1.807, 2.05) is 20.8 Å². The molecule has 0 aromatic heterocycles. The van der Waals surface area contributed by atoms with E-state index >= 15 is 0 Å². The monoisotopic (exact) mass is 215 g/mol. The largest absolute Gasteiger partial charge is 0.447 e. The van der Waals surface area contributed by atoms with Crippen molar-refractivity contribution in [2.45, 2.75) is 45.8 Å². The molecule has 1 aliphatic heterocycles. The van der Waals surface area contributed by atoms with Gasteiger partial charge in [-0.3, -0.25) is 0 Å². The van der Waals surface area contributed by atoms with Gasteiger partial charge in [-0.15, -0.1) is 0 Å². The topological polar surface area (TPSA) is 49.8 Å². The fourth-order valence-corrected chi connectivity index (χ4v) is 1.84. The van der Waals surface area contributed by atoms with Crippen LogP contribution < -0.4 is 0 Å². The Morgan fingerprint density at radius 2 is 1.87 bits per heavy atom. The number of aliphatic hydroxyl groups excluding tert-OH is 1. The lowest BCUT2D eigenvalue weighted by Gasteiger charge is -2.32.